The monoisotopic (exact) mass is 283 g/mol. The quantitative estimate of drug-likeness (QED) is 0.874. The molecule has 0 heterocycles. The van der Waals surface area contributed by atoms with Crippen molar-refractivity contribution < 1.29 is 13.9 Å². The van der Waals surface area contributed by atoms with Gasteiger partial charge in [0.1, 0.15) is 11.6 Å². The van der Waals surface area contributed by atoms with Crippen LogP contribution in [0.2, 0.25) is 0 Å². The van der Waals surface area contributed by atoms with E-state index >= 15 is 0 Å². The second-order valence-corrected chi connectivity index (χ2v) is 3.96. The summed E-state index contributed by atoms with van der Waals surface area (Å²) in [6.07, 6.45) is -0.887. The highest BCUT2D eigenvalue weighted by Gasteiger charge is 2.08. The Hall–Kier alpha value is -1.62. The van der Waals surface area contributed by atoms with E-state index in [2.05, 4.69) is 15.9 Å². The summed E-state index contributed by atoms with van der Waals surface area (Å²) in [5.74, 6) is -0.00502. The standard InChI is InChI=1S/C11H7BrFNO2/c12-10-8-3-2-7(13)5-6(8)1-4-9(10)16-11(14)15/h1-5H,(H2,14,15). The molecule has 0 aliphatic heterocycles. The Balaban J connectivity index is 2.60. The van der Waals surface area contributed by atoms with Crippen LogP contribution in [0.15, 0.2) is 34.8 Å². The van der Waals surface area contributed by atoms with Crippen molar-refractivity contribution in [3.63, 3.8) is 0 Å². The minimum absolute atomic E-state index is 0.312. The fourth-order valence-electron chi connectivity index (χ4n) is 1.43. The molecular formula is C11H7BrFNO2. The van der Waals surface area contributed by atoms with Crippen molar-refractivity contribution in [2.45, 2.75) is 0 Å². The Morgan fingerprint density at radius 3 is 2.75 bits per heavy atom. The summed E-state index contributed by atoms with van der Waals surface area (Å²) < 4.78 is 18.3. The number of amides is 1. The first kappa shape index (κ1) is 10.9. The van der Waals surface area contributed by atoms with E-state index < -0.39 is 6.09 Å². The van der Waals surface area contributed by atoms with Crippen LogP contribution in [0.3, 0.4) is 0 Å². The number of hydrogen-bond donors (Lipinski definition) is 1. The minimum Gasteiger partial charge on any atom is -0.409 e. The van der Waals surface area contributed by atoms with Crippen molar-refractivity contribution in [1.82, 2.24) is 0 Å². The molecule has 0 atom stereocenters. The van der Waals surface area contributed by atoms with Gasteiger partial charge in [-0.25, -0.2) is 9.18 Å². The van der Waals surface area contributed by atoms with Crippen molar-refractivity contribution in [2.24, 2.45) is 5.73 Å². The number of ether oxygens (including phenoxy) is 1. The normalized spacial score (nSPS) is 10.4. The molecule has 0 aromatic heterocycles. The highest BCUT2D eigenvalue weighted by atomic mass is 79.9. The zero-order valence-corrected chi connectivity index (χ0v) is 9.62. The van der Waals surface area contributed by atoms with Crippen molar-refractivity contribution in [3.05, 3.63) is 40.6 Å². The van der Waals surface area contributed by atoms with E-state index in [-0.39, 0.29) is 5.82 Å². The van der Waals surface area contributed by atoms with E-state index in [9.17, 15) is 9.18 Å². The summed E-state index contributed by atoms with van der Waals surface area (Å²) >= 11 is 3.28. The number of fused-ring (bicyclic) bond motifs is 1. The Labute approximate surface area is 99.1 Å². The van der Waals surface area contributed by atoms with Gasteiger partial charge in [-0.3, -0.25) is 0 Å². The summed E-state index contributed by atoms with van der Waals surface area (Å²) in [7, 11) is 0. The van der Waals surface area contributed by atoms with Crippen LogP contribution >= 0.6 is 15.9 Å². The predicted octanol–water partition coefficient (Wildman–Crippen LogP) is 3.20. The molecule has 16 heavy (non-hydrogen) atoms. The molecule has 0 spiro atoms. The lowest BCUT2D eigenvalue weighted by Crippen LogP contribution is -2.16. The summed E-state index contributed by atoms with van der Waals surface area (Å²) in [6, 6.07) is 7.54. The van der Waals surface area contributed by atoms with Gasteiger partial charge >= 0.3 is 6.09 Å². The van der Waals surface area contributed by atoms with Crippen LogP contribution in [-0.4, -0.2) is 6.09 Å². The molecule has 3 nitrogen and oxygen atoms in total. The molecule has 5 heteroatoms. The zero-order chi connectivity index (χ0) is 11.7. The smallest absolute Gasteiger partial charge is 0.409 e. The number of benzene rings is 2. The van der Waals surface area contributed by atoms with Gasteiger partial charge in [0.05, 0.1) is 4.47 Å². The van der Waals surface area contributed by atoms with Gasteiger partial charge in [0.15, 0.2) is 0 Å². The van der Waals surface area contributed by atoms with E-state index in [1.54, 1.807) is 18.2 Å². The second-order valence-electron chi connectivity index (χ2n) is 3.16. The molecule has 82 valence electrons. The van der Waals surface area contributed by atoms with Gasteiger partial charge in [0.2, 0.25) is 0 Å². The topological polar surface area (TPSA) is 52.3 Å². The number of halogens is 2. The fourth-order valence-corrected chi connectivity index (χ4v) is 2.00. The first-order valence-electron chi connectivity index (χ1n) is 4.43. The van der Waals surface area contributed by atoms with E-state index in [0.29, 0.717) is 15.6 Å². The number of hydrogen-bond acceptors (Lipinski definition) is 2. The second kappa shape index (κ2) is 4.09. The molecule has 0 fully saturated rings. The third-order valence-corrected chi connectivity index (χ3v) is 2.91. The largest absolute Gasteiger partial charge is 0.410 e. The lowest BCUT2D eigenvalue weighted by molar-refractivity contribution is 0.210. The molecule has 2 N–H and O–H groups in total. The fraction of sp³-hybridized carbons (Fsp3) is 0. The molecule has 0 radical (unpaired) electrons. The van der Waals surface area contributed by atoms with Crippen LogP contribution in [0.1, 0.15) is 0 Å². The molecule has 2 aromatic carbocycles. The average molecular weight is 284 g/mol. The number of carbonyl (C=O) groups excluding carboxylic acids is 1. The predicted molar refractivity (Wildman–Crippen MR) is 61.8 cm³/mol. The van der Waals surface area contributed by atoms with Crippen LogP contribution in [0, 0.1) is 5.82 Å². The minimum atomic E-state index is -0.887. The van der Waals surface area contributed by atoms with E-state index in [4.69, 9.17) is 10.5 Å². The van der Waals surface area contributed by atoms with Crippen LogP contribution in [0.25, 0.3) is 10.8 Å². The molecule has 0 aliphatic carbocycles. The van der Waals surface area contributed by atoms with Crippen molar-refractivity contribution in [3.8, 4) is 5.75 Å². The molecule has 0 saturated heterocycles. The lowest BCUT2D eigenvalue weighted by atomic mass is 10.1. The Morgan fingerprint density at radius 2 is 2.06 bits per heavy atom. The number of rotatable bonds is 1. The molecule has 0 bridgehead atoms. The van der Waals surface area contributed by atoms with Crippen molar-refractivity contribution in [1.29, 1.82) is 0 Å². The van der Waals surface area contributed by atoms with Crippen LogP contribution in [0.5, 0.6) is 5.75 Å². The number of primary amides is 1. The first-order valence-corrected chi connectivity index (χ1v) is 5.22. The molecular weight excluding hydrogens is 277 g/mol. The molecule has 2 rings (SSSR count). The van der Waals surface area contributed by atoms with Gasteiger partial charge in [-0.15, -0.1) is 0 Å². The van der Waals surface area contributed by atoms with Gasteiger partial charge in [0.25, 0.3) is 0 Å². The zero-order valence-electron chi connectivity index (χ0n) is 8.04. The van der Waals surface area contributed by atoms with Gasteiger partial charge in [-0.1, -0.05) is 12.1 Å². The van der Waals surface area contributed by atoms with E-state index in [1.165, 1.54) is 12.1 Å². The maximum absolute atomic E-state index is 13.0. The molecule has 1 amide bonds. The summed E-state index contributed by atoms with van der Waals surface area (Å²) in [5, 5.41) is 1.46. The molecule has 0 aliphatic rings. The Morgan fingerprint density at radius 1 is 1.31 bits per heavy atom. The summed E-state index contributed by atoms with van der Waals surface area (Å²) in [4.78, 5) is 10.6. The summed E-state index contributed by atoms with van der Waals surface area (Å²) in [5.41, 5.74) is 4.92. The maximum atomic E-state index is 13.0. The maximum Gasteiger partial charge on any atom is 0.410 e. The third-order valence-electron chi connectivity index (χ3n) is 2.09. The highest BCUT2D eigenvalue weighted by molar-refractivity contribution is 9.10. The third kappa shape index (κ3) is 1.99. The first-order chi connectivity index (χ1) is 7.58. The van der Waals surface area contributed by atoms with E-state index in [0.717, 1.165) is 5.39 Å². The number of nitrogens with two attached hydrogens (primary N) is 1. The Kier molecular flexibility index (Phi) is 2.78. The van der Waals surface area contributed by atoms with Gasteiger partial charge in [-0.2, -0.15) is 0 Å². The average Bonchev–Trinajstić information content (AvgIpc) is 2.22. The Bertz CT molecular complexity index is 571. The van der Waals surface area contributed by atoms with Crippen molar-refractivity contribution >= 4 is 32.8 Å². The summed E-state index contributed by atoms with van der Waals surface area (Å²) in [6.45, 7) is 0. The lowest BCUT2D eigenvalue weighted by Gasteiger charge is -2.06. The van der Waals surface area contributed by atoms with Crippen LogP contribution < -0.4 is 10.5 Å². The van der Waals surface area contributed by atoms with Gasteiger partial charge in [-0.05, 0) is 44.9 Å². The van der Waals surface area contributed by atoms with Gasteiger partial charge < -0.3 is 10.5 Å². The molecule has 0 saturated carbocycles. The highest BCUT2D eigenvalue weighted by Crippen LogP contribution is 2.33. The molecule has 2 aromatic rings. The van der Waals surface area contributed by atoms with Gasteiger partial charge in [0, 0.05) is 0 Å². The van der Waals surface area contributed by atoms with Crippen LogP contribution in [0.4, 0.5) is 9.18 Å². The molecule has 0 unspecified atom stereocenters. The van der Waals surface area contributed by atoms with Crippen LogP contribution in [-0.2, 0) is 0 Å². The van der Waals surface area contributed by atoms with Crippen molar-refractivity contribution in [2.75, 3.05) is 0 Å². The SMILES string of the molecule is NC(=O)Oc1ccc2cc(F)ccc2c1Br. The van der Waals surface area contributed by atoms with E-state index in [1.807, 2.05) is 0 Å². The number of carbonyl (C=O) groups is 1.